The molecule has 0 spiro atoms. The van der Waals surface area contributed by atoms with Crippen molar-refractivity contribution in [1.29, 1.82) is 10.5 Å². The lowest BCUT2D eigenvalue weighted by molar-refractivity contribution is -0.140. The Labute approximate surface area is 359 Å². The summed E-state index contributed by atoms with van der Waals surface area (Å²) in [7, 11) is 1.39. The SMILES string of the molecule is C#Cc1c(F)ccc2cc(OC(=O)C(C)C)cc(-c3nc(OC)c4c(N5CC(CC)N(C(=O)C(C#N)CC#N)C(CC)C5)nc(OCC5(CN6CC7CC7C6)CC5)nc4c3F)c12. The number of hydrogen-bond acceptors (Lipinski definition) is 12. The Hall–Kier alpha value is -6.11. The predicted molar refractivity (Wildman–Crippen MR) is 227 cm³/mol. The first-order valence-corrected chi connectivity index (χ1v) is 21.4. The van der Waals surface area contributed by atoms with Crippen molar-refractivity contribution in [3.8, 4) is 53.4 Å². The lowest BCUT2D eigenvalue weighted by Gasteiger charge is -2.47. The molecule has 5 atom stereocenters. The molecule has 2 aromatic heterocycles. The zero-order valence-electron chi connectivity index (χ0n) is 35.7. The van der Waals surface area contributed by atoms with Gasteiger partial charge in [0.25, 0.3) is 0 Å². The Morgan fingerprint density at radius 3 is 2.31 bits per heavy atom. The van der Waals surface area contributed by atoms with Crippen LogP contribution in [0.3, 0.4) is 0 Å². The van der Waals surface area contributed by atoms with E-state index in [4.69, 9.17) is 35.6 Å². The quantitative estimate of drug-likeness (QED) is 0.0726. The van der Waals surface area contributed by atoms with Gasteiger partial charge in [0.1, 0.15) is 39.9 Å². The highest BCUT2D eigenvalue weighted by Gasteiger charge is 2.51. The van der Waals surface area contributed by atoms with Gasteiger partial charge >= 0.3 is 12.0 Å². The molecule has 2 aliphatic carbocycles. The van der Waals surface area contributed by atoms with E-state index < -0.39 is 47.4 Å². The standard InChI is InChI=1S/C47H50F2N8O5/c1-7-31-22-56(23-32(8-2)57(31)44(58)28(19-51)12-15-50)42-38-41(53-46(54-42)61-25-47(13-14-47)24-55-20-29-16-30(29)21-55)39(49)40(52-43(38)60-6)35-18-33(62-45(59)26(4)5)17-27-10-11-36(48)34(9-3)37(27)35/h3,10-11,17-18,26,28-32H,7-8,12-14,16,20-25H2,1-2,4-6H3. The van der Waals surface area contributed by atoms with Crippen molar-refractivity contribution in [3.05, 3.63) is 41.5 Å². The number of rotatable bonds is 14. The molecule has 322 valence electrons. The van der Waals surface area contributed by atoms with Crippen molar-refractivity contribution in [3.63, 3.8) is 0 Å². The summed E-state index contributed by atoms with van der Waals surface area (Å²) in [5, 5.41) is 19.9. The van der Waals surface area contributed by atoms with Gasteiger partial charge in [-0.2, -0.15) is 20.5 Å². The molecule has 4 aromatic rings. The summed E-state index contributed by atoms with van der Waals surface area (Å²) >= 11 is 0. The number of hydrogen-bond donors (Lipinski definition) is 0. The average Bonchev–Trinajstić information content (AvgIpc) is 4.18. The molecule has 4 aliphatic rings. The van der Waals surface area contributed by atoms with E-state index in [9.17, 15) is 20.1 Å². The Balaban J connectivity index is 1.28. The van der Waals surface area contributed by atoms with Gasteiger partial charge in [-0.25, -0.2) is 13.8 Å². The van der Waals surface area contributed by atoms with E-state index in [0.29, 0.717) is 24.8 Å². The number of piperidine rings is 1. The zero-order chi connectivity index (χ0) is 44.0. The normalized spacial score (nSPS) is 21.8. The molecule has 0 bridgehead atoms. The lowest BCUT2D eigenvalue weighted by atomic mass is 9.95. The molecule has 4 heterocycles. The number of benzene rings is 2. The van der Waals surface area contributed by atoms with Crippen LogP contribution in [-0.4, -0.2) is 95.2 Å². The first kappa shape index (κ1) is 42.6. The molecule has 0 radical (unpaired) electrons. The highest BCUT2D eigenvalue weighted by molar-refractivity contribution is 6.04. The van der Waals surface area contributed by atoms with Crippen LogP contribution in [-0.2, 0) is 9.59 Å². The van der Waals surface area contributed by atoms with E-state index in [-0.39, 0.29) is 81.5 Å². The summed E-state index contributed by atoms with van der Waals surface area (Å²) in [6.07, 6.45) is 9.94. The number of carbonyl (C=O) groups is 2. The highest BCUT2D eigenvalue weighted by atomic mass is 19.1. The van der Waals surface area contributed by atoms with Gasteiger partial charge in [0.05, 0.1) is 43.8 Å². The Morgan fingerprint density at radius 1 is 1.00 bits per heavy atom. The number of ether oxygens (including phenoxy) is 3. The van der Waals surface area contributed by atoms with Gasteiger partial charge in [-0.05, 0) is 67.5 Å². The van der Waals surface area contributed by atoms with Gasteiger partial charge in [-0.3, -0.25) is 9.59 Å². The molecule has 13 nitrogen and oxygen atoms in total. The van der Waals surface area contributed by atoms with E-state index in [1.165, 1.54) is 31.7 Å². The van der Waals surface area contributed by atoms with Gasteiger partial charge in [0.15, 0.2) is 5.82 Å². The number of carbonyl (C=O) groups excluding carboxylic acids is 2. The number of nitriles is 2. The second-order valence-electron chi connectivity index (χ2n) is 17.6. The summed E-state index contributed by atoms with van der Waals surface area (Å²) in [5.41, 5.74) is -0.611. The third-order valence-corrected chi connectivity index (χ3v) is 13.0. The Bertz CT molecular complexity index is 2550. The van der Waals surface area contributed by atoms with Crippen LogP contribution in [0.2, 0.25) is 0 Å². The van der Waals surface area contributed by atoms with Crippen molar-refractivity contribution in [2.75, 3.05) is 51.3 Å². The summed E-state index contributed by atoms with van der Waals surface area (Å²) in [6, 6.07) is 8.75. The number of likely N-dealkylation sites (tertiary alicyclic amines) is 1. The molecule has 1 amide bonds. The van der Waals surface area contributed by atoms with E-state index >= 15 is 8.78 Å². The third-order valence-electron chi connectivity index (χ3n) is 13.0. The van der Waals surface area contributed by atoms with Gasteiger partial charge in [0.2, 0.25) is 11.8 Å². The van der Waals surface area contributed by atoms with Crippen LogP contribution in [0, 0.1) is 75.7 Å². The summed E-state index contributed by atoms with van der Waals surface area (Å²) in [5.74, 6) is 0.184. The van der Waals surface area contributed by atoms with Crippen LogP contribution >= 0.6 is 0 Å². The van der Waals surface area contributed by atoms with E-state index in [1.807, 2.05) is 30.9 Å². The topological polar surface area (TPSA) is 158 Å². The summed E-state index contributed by atoms with van der Waals surface area (Å²) in [6.45, 7) is 11.2. The van der Waals surface area contributed by atoms with Crippen molar-refractivity contribution < 1.29 is 32.6 Å². The second-order valence-corrected chi connectivity index (χ2v) is 17.6. The number of anilines is 1. The van der Waals surface area contributed by atoms with Gasteiger partial charge in [0, 0.05) is 61.2 Å². The average molecular weight is 845 g/mol. The van der Waals surface area contributed by atoms with Crippen LogP contribution in [0.5, 0.6) is 17.6 Å². The molecule has 0 N–H and O–H groups in total. The predicted octanol–water partition coefficient (Wildman–Crippen LogP) is 7.04. The van der Waals surface area contributed by atoms with Crippen LogP contribution < -0.4 is 19.1 Å². The number of pyridine rings is 1. The lowest BCUT2D eigenvalue weighted by Crippen LogP contribution is -2.61. The number of halogens is 2. The minimum Gasteiger partial charge on any atom is -0.480 e. The number of methoxy groups -OCH3 is 1. The highest BCUT2D eigenvalue weighted by Crippen LogP contribution is 2.51. The van der Waals surface area contributed by atoms with Gasteiger partial charge in [-0.15, -0.1) is 6.42 Å². The zero-order valence-corrected chi connectivity index (χ0v) is 35.7. The molecule has 2 saturated carbocycles. The van der Waals surface area contributed by atoms with Crippen molar-refractivity contribution in [2.24, 2.45) is 29.1 Å². The largest absolute Gasteiger partial charge is 0.480 e. The monoisotopic (exact) mass is 844 g/mol. The Morgan fingerprint density at radius 2 is 1.71 bits per heavy atom. The number of piperazine rings is 1. The Kier molecular flexibility index (Phi) is 11.7. The van der Waals surface area contributed by atoms with Crippen LogP contribution in [0.1, 0.15) is 71.8 Å². The number of fused-ring (bicyclic) bond motifs is 3. The smallest absolute Gasteiger partial charge is 0.319 e. The third kappa shape index (κ3) is 7.93. The molecule has 62 heavy (non-hydrogen) atoms. The van der Waals surface area contributed by atoms with Crippen molar-refractivity contribution >= 4 is 39.4 Å². The van der Waals surface area contributed by atoms with Gasteiger partial charge < -0.3 is 28.9 Å². The molecule has 15 heteroatoms. The number of amides is 1. The molecular weight excluding hydrogens is 795 g/mol. The molecule has 2 saturated heterocycles. The first-order chi connectivity index (χ1) is 29.9. The molecule has 4 fully saturated rings. The fourth-order valence-electron chi connectivity index (χ4n) is 9.30. The van der Waals surface area contributed by atoms with Gasteiger partial charge in [-0.1, -0.05) is 39.7 Å². The summed E-state index contributed by atoms with van der Waals surface area (Å²) < 4.78 is 51.3. The number of aromatic nitrogens is 3. The molecule has 5 unspecified atom stereocenters. The van der Waals surface area contributed by atoms with Crippen molar-refractivity contribution in [1.82, 2.24) is 24.8 Å². The minimum absolute atomic E-state index is 0.0428. The van der Waals surface area contributed by atoms with E-state index in [1.54, 1.807) is 24.8 Å². The van der Waals surface area contributed by atoms with Crippen LogP contribution in [0.15, 0.2) is 24.3 Å². The molecule has 2 aliphatic heterocycles. The number of terminal acetylenes is 1. The van der Waals surface area contributed by atoms with E-state index in [2.05, 4.69) is 10.8 Å². The molecule has 2 aromatic carbocycles. The maximum atomic E-state index is 17.8. The molecular formula is C47H50F2N8O5. The fraction of sp³-hybridized carbons (Fsp3) is 0.511. The van der Waals surface area contributed by atoms with Crippen LogP contribution in [0.4, 0.5) is 14.6 Å². The number of nitrogens with zero attached hydrogens (tertiary/aromatic N) is 8. The first-order valence-electron chi connectivity index (χ1n) is 21.4. The number of esters is 1. The second kappa shape index (κ2) is 17.0. The fourth-order valence-corrected chi connectivity index (χ4v) is 9.30. The van der Waals surface area contributed by atoms with Crippen LogP contribution in [0.25, 0.3) is 32.9 Å². The summed E-state index contributed by atoms with van der Waals surface area (Å²) in [4.78, 5) is 47.2. The maximum absolute atomic E-state index is 17.8. The molecule has 8 rings (SSSR count). The van der Waals surface area contributed by atoms with Crippen molar-refractivity contribution in [2.45, 2.75) is 78.3 Å². The van der Waals surface area contributed by atoms with E-state index in [0.717, 1.165) is 44.3 Å². The maximum Gasteiger partial charge on any atom is 0.319 e. The minimum atomic E-state index is -1.11.